The lowest BCUT2D eigenvalue weighted by Gasteiger charge is -2.18. The fraction of sp³-hybridized carbons (Fsp3) is 0.429. The largest absolute Gasteiger partial charge is 0.373 e. The van der Waals surface area contributed by atoms with Crippen molar-refractivity contribution in [1.82, 2.24) is 4.90 Å². The van der Waals surface area contributed by atoms with Crippen molar-refractivity contribution in [3.05, 3.63) is 27.7 Å². The maximum absolute atomic E-state index is 12.1. The second kappa shape index (κ2) is 5.33. The molecule has 5 heteroatoms. The molecule has 1 fully saturated rings. The van der Waals surface area contributed by atoms with Crippen LogP contribution in [0.4, 0.5) is 5.69 Å². The Hall–Kier alpha value is -1.36. The fourth-order valence-corrected chi connectivity index (χ4v) is 3.13. The van der Waals surface area contributed by atoms with Gasteiger partial charge >= 0.3 is 0 Å². The first-order chi connectivity index (χ1) is 8.93. The normalized spacial score (nSPS) is 19.2. The first-order valence-electron chi connectivity index (χ1n) is 6.31. The van der Waals surface area contributed by atoms with Crippen LogP contribution in [0.2, 0.25) is 0 Å². The molecule has 2 amide bonds. The van der Waals surface area contributed by atoms with Gasteiger partial charge in [0.1, 0.15) is 6.04 Å². The molecule has 0 aliphatic carbocycles. The summed E-state index contributed by atoms with van der Waals surface area (Å²) in [5, 5.41) is 3.22. The van der Waals surface area contributed by atoms with Crippen LogP contribution in [0.15, 0.2) is 16.6 Å². The van der Waals surface area contributed by atoms with Gasteiger partial charge < -0.3 is 5.32 Å². The number of benzene rings is 1. The highest BCUT2D eigenvalue weighted by molar-refractivity contribution is 9.10. The zero-order valence-corrected chi connectivity index (χ0v) is 12.9. The van der Waals surface area contributed by atoms with E-state index >= 15 is 0 Å². The van der Waals surface area contributed by atoms with E-state index in [1.807, 2.05) is 32.9 Å². The van der Waals surface area contributed by atoms with Crippen molar-refractivity contribution in [3.63, 3.8) is 0 Å². The number of amides is 2. The molecule has 0 bridgehead atoms. The second-order valence-corrected chi connectivity index (χ2v) is 5.71. The van der Waals surface area contributed by atoms with Crippen LogP contribution < -0.4 is 5.32 Å². The van der Waals surface area contributed by atoms with Crippen LogP contribution in [-0.4, -0.2) is 29.3 Å². The van der Waals surface area contributed by atoms with E-state index in [2.05, 4.69) is 21.2 Å². The van der Waals surface area contributed by atoms with Gasteiger partial charge in [-0.25, -0.2) is 0 Å². The highest BCUT2D eigenvalue weighted by Crippen LogP contribution is 2.27. The van der Waals surface area contributed by atoms with Gasteiger partial charge in [0.2, 0.25) is 5.91 Å². The van der Waals surface area contributed by atoms with Gasteiger partial charge in [-0.2, -0.15) is 0 Å². The fourth-order valence-electron chi connectivity index (χ4n) is 2.44. The van der Waals surface area contributed by atoms with Crippen LogP contribution in [0.25, 0.3) is 0 Å². The van der Waals surface area contributed by atoms with Crippen molar-refractivity contribution >= 4 is 33.4 Å². The van der Waals surface area contributed by atoms with Gasteiger partial charge in [0, 0.05) is 16.7 Å². The molecule has 102 valence electrons. The van der Waals surface area contributed by atoms with E-state index in [0.29, 0.717) is 6.54 Å². The van der Waals surface area contributed by atoms with E-state index in [0.717, 1.165) is 21.3 Å². The van der Waals surface area contributed by atoms with Crippen molar-refractivity contribution in [1.29, 1.82) is 0 Å². The Morgan fingerprint density at radius 2 is 1.89 bits per heavy atom. The number of imide groups is 1. The molecule has 1 heterocycles. The number of halogens is 1. The molecule has 1 aromatic carbocycles. The first kappa shape index (κ1) is 14.1. The number of hydrogen-bond donors (Lipinski definition) is 1. The van der Waals surface area contributed by atoms with Crippen LogP contribution in [0, 0.1) is 13.8 Å². The molecular formula is C14H17BrN2O2. The lowest BCUT2D eigenvalue weighted by atomic mass is 10.1. The summed E-state index contributed by atoms with van der Waals surface area (Å²) in [5.41, 5.74) is 3.05. The summed E-state index contributed by atoms with van der Waals surface area (Å²) in [4.78, 5) is 25.1. The highest BCUT2D eigenvalue weighted by Gasteiger charge is 2.37. The van der Waals surface area contributed by atoms with Gasteiger partial charge in [0.25, 0.3) is 5.91 Å². The third-order valence-corrected chi connectivity index (χ3v) is 3.83. The topological polar surface area (TPSA) is 49.4 Å². The molecule has 0 saturated carbocycles. The van der Waals surface area contributed by atoms with Crippen LogP contribution in [0.3, 0.4) is 0 Å². The summed E-state index contributed by atoms with van der Waals surface area (Å²) in [6.07, 6.45) is 0.238. The standard InChI is InChI=1S/C14H17BrN2O2/c1-4-17-12(18)7-11(14(17)19)16-13-8(2)5-10(15)6-9(13)3/h5-6,11,16H,4,7H2,1-3H3. The predicted octanol–water partition coefficient (Wildman–Crippen LogP) is 2.63. The SMILES string of the molecule is CCN1C(=O)CC(Nc2c(C)cc(Br)cc2C)C1=O. The predicted molar refractivity (Wildman–Crippen MR) is 78.0 cm³/mol. The maximum atomic E-state index is 12.1. The Kier molecular flexibility index (Phi) is 3.94. The molecule has 1 atom stereocenters. The Morgan fingerprint density at radius 3 is 2.37 bits per heavy atom. The molecule has 1 unspecified atom stereocenters. The molecule has 4 nitrogen and oxygen atoms in total. The van der Waals surface area contributed by atoms with Gasteiger partial charge in [-0.1, -0.05) is 15.9 Å². The summed E-state index contributed by atoms with van der Waals surface area (Å²) in [6.45, 7) is 6.22. The van der Waals surface area contributed by atoms with E-state index in [1.165, 1.54) is 4.90 Å². The molecule has 0 radical (unpaired) electrons. The Bertz CT molecular complexity index is 519. The number of nitrogens with one attached hydrogen (secondary N) is 1. The molecule has 0 aromatic heterocycles. The molecule has 1 aromatic rings. The van der Waals surface area contributed by atoms with Gasteiger partial charge in [-0.3, -0.25) is 14.5 Å². The molecule has 2 rings (SSSR count). The molecule has 1 saturated heterocycles. The number of anilines is 1. The van der Waals surface area contributed by atoms with Crippen molar-refractivity contribution in [3.8, 4) is 0 Å². The summed E-state index contributed by atoms with van der Waals surface area (Å²) in [7, 11) is 0. The molecule has 1 aliphatic heterocycles. The number of rotatable bonds is 3. The number of carbonyl (C=O) groups excluding carboxylic acids is 2. The van der Waals surface area contributed by atoms with Gasteiger partial charge in [-0.15, -0.1) is 0 Å². The van der Waals surface area contributed by atoms with E-state index in [9.17, 15) is 9.59 Å². The number of carbonyl (C=O) groups is 2. The Balaban J connectivity index is 2.24. The van der Waals surface area contributed by atoms with Crippen LogP contribution in [0.1, 0.15) is 24.5 Å². The number of aryl methyl sites for hydroxylation is 2. The highest BCUT2D eigenvalue weighted by atomic mass is 79.9. The van der Waals surface area contributed by atoms with E-state index in [-0.39, 0.29) is 18.2 Å². The zero-order valence-electron chi connectivity index (χ0n) is 11.3. The van der Waals surface area contributed by atoms with Crippen molar-refractivity contribution < 1.29 is 9.59 Å². The summed E-state index contributed by atoms with van der Waals surface area (Å²) >= 11 is 3.44. The second-order valence-electron chi connectivity index (χ2n) is 4.79. The van der Waals surface area contributed by atoms with Gasteiger partial charge in [0.15, 0.2) is 0 Å². The lowest BCUT2D eigenvalue weighted by Crippen LogP contribution is -2.34. The quantitative estimate of drug-likeness (QED) is 0.869. The minimum Gasteiger partial charge on any atom is -0.373 e. The average molecular weight is 325 g/mol. The monoisotopic (exact) mass is 324 g/mol. The molecular weight excluding hydrogens is 308 g/mol. The Morgan fingerprint density at radius 1 is 1.32 bits per heavy atom. The number of hydrogen-bond acceptors (Lipinski definition) is 3. The van der Waals surface area contributed by atoms with Crippen LogP contribution in [-0.2, 0) is 9.59 Å². The minimum atomic E-state index is -0.439. The van der Waals surface area contributed by atoms with Gasteiger partial charge in [0.05, 0.1) is 6.42 Å². The maximum Gasteiger partial charge on any atom is 0.252 e. The van der Waals surface area contributed by atoms with E-state index in [1.54, 1.807) is 0 Å². The van der Waals surface area contributed by atoms with Crippen molar-refractivity contribution in [2.45, 2.75) is 33.2 Å². The Labute approximate surface area is 121 Å². The summed E-state index contributed by atoms with van der Waals surface area (Å²) < 4.78 is 1.01. The molecule has 1 aliphatic rings. The molecule has 1 N–H and O–H groups in total. The van der Waals surface area contributed by atoms with E-state index < -0.39 is 6.04 Å². The minimum absolute atomic E-state index is 0.0996. The van der Waals surface area contributed by atoms with Crippen LogP contribution in [0.5, 0.6) is 0 Å². The third-order valence-electron chi connectivity index (χ3n) is 3.38. The number of nitrogens with zero attached hydrogens (tertiary/aromatic N) is 1. The zero-order chi connectivity index (χ0) is 14.2. The average Bonchev–Trinajstić information content (AvgIpc) is 2.58. The number of likely N-dealkylation sites (tertiary alicyclic amines) is 1. The van der Waals surface area contributed by atoms with E-state index in [4.69, 9.17) is 0 Å². The summed E-state index contributed by atoms with van der Waals surface area (Å²) in [5.74, 6) is -0.230. The van der Waals surface area contributed by atoms with Gasteiger partial charge in [-0.05, 0) is 44.0 Å². The number of likely N-dealkylation sites (N-methyl/N-ethyl adjacent to an activating group) is 1. The molecule has 19 heavy (non-hydrogen) atoms. The lowest BCUT2D eigenvalue weighted by molar-refractivity contribution is -0.138. The third kappa shape index (κ3) is 2.66. The molecule has 0 spiro atoms. The smallest absolute Gasteiger partial charge is 0.252 e. The van der Waals surface area contributed by atoms with Crippen molar-refractivity contribution in [2.24, 2.45) is 0 Å². The van der Waals surface area contributed by atoms with Crippen LogP contribution >= 0.6 is 15.9 Å². The van der Waals surface area contributed by atoms with Crippen molar-refractivity contribution in [2.75, 3.05) is 11.9 Å². The first-order valence-corrected chi connectivity index (χ1v) is 7.10. The summed E-state index contributed by atoms with van der Waals surface area (Å²) in [6, 6.07) is 3.55.